The Morgan fingerprint density at radius 3 is 2.52 bits per heavy atom. The molecule has 7 heteroatoms. The Bertz CT molecular complexity index is 498. The zero-order chi connectivity index (χ0) is 15.7. The first-order valence-corrected chi connectivity index (χ1v) is 6.75. The van der Waals surface area contributed by atoms with E-state index in [2.05, 4.69) is 5.43 Å². The van der Waals surface area contributed by atoms with Gasteiger partial charge in [-0.3, -0.25) is 11.3 Å². The van der Waals surface area contributed by atoms with Gasteiger partial charge < -0.3 is 4.74 Å². The molecule has 2 unspecified atom stereocenters. The molecule has 1 heterocycles. The second-order valence-corrected chi connectivity index (χ2v) is 5.45. The van der Waals surface area contributed by atoms with Crippen molar-refractivity contribution in [1.29, 1.82) is 0 Å². The Labute approximate surface area is 120 Å². The van der Waals surface area contributed by atoms with Gasteiger partial charge in [-0.15, -0.1) is 0 Å². The van der Waals surface area contributed by atoms with E-state index in [0.29, 0.717) is 18.6 Å². The lowest BCUT2D eigenvalue weighted by molar-refractivity contribution is -0.140. The minimum absolute atomic E-state index is 0.340. The first-order chi connectivity index (χ1) is 9.78. The second kappa shape index (κ2) is 5.90. The lowest BCUT2D eigenvalue weighted by Gasteiger charge is -2.40. The van der Waals surface area contributed by atoms with Gasteiger partial charge in [0.25, 0.3) is 0 Å². The third-order valence-electron chi connectivity index (χ3n) is 3.91. The van der Waals surface area contributed by atoms with Gasteiger partial charge in [-0.25, -0.2) is 4.39 Å². The van der Waals surface area contributed by atoms with Crippen molar-refractivity contribution < 1.29 is 22.3 Å². The van der Waals surface area contributed by atoms with Crippen LogP contribution in [0.15, 0.2) is 18.2 Å². The lowest BCUT2D eigenvalue weighted by atomic mass is 9.84. The summed E-state index contributed by atoms with van der Waals surface area (Å²) in [5, 5.41) is 0. The molecule has 0 saturated carbocycles. The van der Waals surface area contributed by atoms with Gasteiger partial charge in [-0.2, -0.15) is 13.2 Å². The number of hydrazine groups is 1. The highest BCUT2D eigenvalue weighted by molar-refractivity contribution is 5.30. The van der Waals surface area contributed by atoms with E-state index in [-0.39, 0.29) is 0 Å². The number of hydrogen-bond acceptors (Lipinski definition) is 3. The summed E-state index contributed by atoms with van der Waals surface area (Å²) in [6.07, 6.45) is -2.16. The van der Waals surface area contributed by atoms with Gasteiger partial charge in [0.1, 0.15) is 5.82 Å². The summed E-state index contributed by atoms with van der Waals surface area (Å²) in [6.45, 7) is 2.38. The maximum absolute atomic E-state index is 13.7. The highest BCUT2D eigenvalue weighted by Gasteiger charge is 2.39. The van der Waals surface area contributed by atoms with Crippen LogP contribution in [0, 0.1) is 5.82 Å². The number of nitrogens with two attached hydrogens (primary N) is 1. The van der Waals surface area contributed by atoms with Crippen molar-refractivity contribution >= 4 is 0 Å². The average Bonchev–Trinajstić information content (AvgIpc) is 2.38. The van der Waals surface area contributed by atoms with E-state index in [1.165, 1.54) is 6.07 Å². The van der Waals surface area contributed by atoms with Crippen LogP contribution in [-0.2, 0) is 10.9 Å². The predicted molar refractivity (Wildman–Crippen MR) is 69.7 cm³/mol. The largest absolute Gasteiger partial charge is 0.419 e. The van der Waals surface area contributed by atoms with E-state index >= 15 is 0 Å². The number of nitrogens with one attached hydrogen (secondary N) is 1. The fraction of sp³-hybridized carbons (Fsp3) is 0.571. The molecule has 2 atom stereocenters. The molecule has 1 aromatic carbocycles. The second-order valence-electron chi connectivity index (χ2n) is 5.45. The number of ether oxygens (including phenoxy) is 1. The Kier molecular flexibility index (Phi) is 4.55. The zero-order valence-electron chi connectivity index (χ0n) is 11.6. The molecule has 1 aliphatic heterocycles. The van der Waals surface area contributed by atoms with Crippen LogP contribution >= 0.6 is 0 Å². The van der Waals surface area contributed by atoms with Crippen LogP contribution < -0.4 is 11.3 Å². The van der Waals surface area contributed by atoms with Crippen LogP contribution in [0.1, 0.15) is 43.4 Å². The minimum atomic E-state index is -4.71. The van der Waals surface area contributed by atoms with Crippen LogP contribution in [0.2, 0.25) is 0 Å². The maximum Gasteiger partial charge on any atom is 0.419 e. The summed E-state index contributed by atoms with van der Waals surface area (Å²) < 4.78 is 57.2. The Hall–Kier alpha value is -1.18. The van der Waals surface area contributed by atoms with Crippen molar-refractivity contribution in [1.82, 2.24) is 5.43 Å². The molecule has 21 heavy (non-hydrogen) atoms. The van der Waals surface area contributed by atoms with E-state index in [1.54, 1.807) is 0 Å². The molecule has 0 aromatic heterocycles. The molecule has 0 amide bonds. The molecular weight excluding hydrogens is 288 g/mol. The van der Waals surface area contributed by atoms with Gasteiger partial charge in [-0.1, -0.05) is 6.07 Å². The molecule has 2 rings (SSSR count). The van der Waals surface area contributed by atoms with Crippen molar-refractivity contribution in [2.75, 3.05) is 6.61 Å². The molecule has 0 aliphatic carbocycles. The van der Waals surface area contributed by atoms with Crippen LogP contribution in [-0.4, -0.2) is 12.2 Å². The lowest BCUT2D eigenvalue weighted by Crippen LogP contribution is -2.48. The van der Waals surface area contributed by atoms with Crippen molar-refractivity contribution in [3.05, 3.63) is 35.1 Å². The van der Waals surface area contributed by atoms with Crippen LogP contribution in [0.25, 0.3) is 0 Å². The molecule has 1 aliphatic rings. The van der Waals surface area contributed by atoms with Gasteiger partial charge in [-0.05, 0) is 43.9 Å². The topological polar surface area (TPSA) is 47.3 Å². The van der Waals surface area contributed by atoms with Crippen LogP contribution in [0.5, 0.6) is 0 Å². The first kappa shape index (κ1) is 16.2. The highest BCUT2D eigenvalue weighted by atomic mass is 19.4. The molecule has 3 nitrogen and oxygen atoms in total. The molecule has 0 bridgehead atoms. The number of halogens is 4. The van der Waals surface area contributed by atoms with E-state index in [1.807, 2.05) is 6.92 Å². The minimum Gasteiger partial charge on any atom is -0.373 e. The van der Waals surface area contributed by atoms with E-state index in [9.17, 15) is 17.6 Å². The van der Waals surface area contributed by atoms with Gasteiger partial charge in [0.15, 0.2) is 0 Å². The fourth-order valence-electron chi connectivity index (χ4n) is 2.75. The Morgan fingerprint density at radius 1 is 1.33 bits per heavy atom. The van der Waals surface area contributed by atoms with Crippen molar-refractivity contribution in [2.24, 2.45) is 5.84 Å². The smallest absolute Gasteiger partial charge is 0.373 e. The standard InChI is InChI=1S/C14H18F4N2O/c1-13(6-2-3-7-21-13)12(20-19)9-4-5-10(11(15)8-9)14(16,17)18/h4-5,8,12,20H,2-3,6-7,19H2,1H3. The Balaban J connectivity index is 2.33. The van der Waals surface area contributed by atoms with Crippen molar-refractivity contribution in [2.45, 2.75) is 44.0 Å². The quantitative estimate of drug-likeness (QED) is 0.512. The van der Waals surface area contributed by atoms with Crippen molar-refractivity contribution in [3.8, 4) is 0 Å². The molecule has 0 spiro atoms. The number of alkyl halides is 3. The third kappa shape index (κ3) is 3.36. The summed E-state index contributed by atoms with van der Waals surface area (Å²) in [7, 11) is 0. The van der Waals surface area contributed by atoms with E-state index in [4.69, 9.17) is 10.6 Å². The van der Waals surface area contributed by atoms with Crippen LogP contribution in [0.3, 0.4) is 0 Å². The van der Waals surface area contributed by atoms with Gasteiger partial charge >= 0.3 is 6.18 Å². The summed E-state index contributed by atoms with van der Waals surface area (Å²) in [5.74, 6) is 4.21. The third-order valence-corrected chi connectivity index (χ3v) is 3.91. The molecule has 1 aromatic rings. The molecule has 3 N–H and O–H groups in total. The van der Waals surface area contributed by atoms with E-state index in [0.717, 1.165) is 25.0 Å². The molecule has 0 radical (unpaired) electrons. The monoisotopic (exact) mass is 306 g/mol. The van der Waals surface area contributed by atoms with Crippen LogP contribution in [0.4, 0.5) is 17.6 Å². The first-order valence-electron chi connectivity index (χ1n) is 6.75. The summed E-state index contributed by atoms with van der Waals surface area (Å²) >= 11 is 0. The number of benzene rings is 1. The van der Waals surface area contributed by atoms with E-state index < -0.39 is 29.2 Å². The summed E-state index contributed by atoms with van der Waals surface area (Å²) in [6, 6.07) is 2.27. The van der Waals surface area contributed by atoms with Gasteiger partial charge in [0.2, 0.25) is 0 Å². The molecule has 118 valence electrons. The number of rotatable bonds is 3. The molecule has 1 fully saturated rings. The highest BCUT2D eigenvalue weighted by Crippen LogP contribution is 2.38. The SMILES string of the molecule is CC1(C(NN)c2ccc(C(F)(F)F)c(F)c2)CCCCO1. The maximum atomic E-state index is 13.7. The fourth-order valence-corrected chi connectivity index (χ4v) is 2.75. The van der Waals surface area contributed by atoms with Crippen molar-refractivity contribution in [3.63, 3.8) is 0 Å². The summed E-state index contributed by atoms with van der Waals surface area (Å²) in [5.41, 5.74) is 0.933. The number of hydrogen-bond donors (Lipinski definition) is 2. The zero-order valence-corrected chi connectivity index (χ0v) is 11.6. The average molecular weight is 306 g/mol. The normalized spacial score (nSPS) is 24.9. The predicted octanol–water partition coefficient (Wildman–Crippen LogP) is 3.31. The van der Waals surface area contributed by atoms with Gasteiger partial charge in [0.05, 0.1) is 17.2 Å². The Morgan fingerprint density at radius 2 is 2.05 bits per heavy atom. The summed E-state index contributed by atoms with van der Waals surface area (Å²) in [4.78, 5) is 0. The molecule has 1 saturated heterocycles. The van der Waals surface area contributed by atoms with Gasteiger partial charge in [0, 0.05) is 6.61 Å². The molecular formula is C14H18F4N2O.